The van der Waals surface area contributed by atoms with E-state index in [1.165, 1.54) is 13.1 Å². The molecule has 1 atom stereocenters. The van der Waals surface area contributed by atoms with Crippen molar-refractivity contribution in [3.05, 3.63) is 64.2 Å². The van der Waals surface area contributed by atoms with Crippen LogP contribution in [0.1, 0.15) is 35.3 Å². The molecule has 5 N–H and O–H groups in total. The first-order chi connectivity index (χ1) is 13.7. The van der Waals surface area contributed by atoms with Gasteiger partial charge in [0.2, 0.25) is 5.91 Å². The molecule has 8 heteroatoms. The highest BCUT2D eigenvalue weighted by Gasteiger charge is 2.21. The second-order valence-electron chi connectivity index (χ2n) is 6.77. The summed E-state index contributed by atoms with van der Waals surface area (Å²) in [6.45, 7) is 3.77. The zero-order chi connectivity index (χ0) is 21.6. The van der Waals surface area contributed by atoms with Gasteiger partial charge < -0.3 is 21.1 Å². The van der Waals surface area contributed by atoms with Gasteiger partial charge in [-0.1, -0.05) is 35.9 Å². The maximum absolute atomic E-state index is 12.7. The summed E-state index contributed by atoms with van der Waals surface area (Å²) in [4.78, 5) is 24.9. The summed E-state index contributed by atoms with van der Waals surface area (Å²) in [6.07, 6.45) is 0.241. The molecule has 0 aromatic heterocycles. The van der Waals surface area contributed by atoms with Crippen LogP contribution in [0.25, 0.3) is 0 Å². The molecule has 0 saturated heterocycles. The molecule has 29 heavy (non-hydrogen) atoms. The van der Waals surface area contributed by atoms with Crippen LogP contribution in [0.5, 0.6) is 5.75 Å². The topological polar surface area (TPSA) is 117 Å². The predicted octanol–water partition coefficient (Wildman–Crippen LogP) is 2.50. The molecule has 0 fully saturated rings. The van der Waals surface area contributed by atoms with Crippen LogP contribution in [0.15, 0.2) is 42.5 Å². The number of rotatable bonds is 8. The van der Waals surface area contributed by atoms with Gasteiger partial charge in [0.05, 0.1) is 11.1 Å². The van der Waals surface area contributed by atoms with Gasteiger partial charge in [0.25, 0.3) is 5.91 Å². The lowest BCUT2D eigenvalue weighted by Gasteiger charge is -2.18. The fourth-order valence-electron chi connectivity index (χ4n) is 2.67. The molecule has 0 bridgehead atoms. The SMILES string of the molecule is CNC(=O)C(Cc1ccc(C(=N)N)cc1)NC(=O)c1ccc(OC(C)C)c(Cl)c1. The van der Waals surface area contributed by atoms with Gasteiger partial charge >= 0.3 is 0 Å². The number of hydrogen-bond acceptors (Lipinski definition) is 4. The third kappa shape index (κ3) is 6.22. The molecule has 0 aliphatic carbocycles. The predicted molar refractivity (Wildman–Crippen MR) is 114 cm³/mol. The molecule has 2 rings (SSSR count). The normalized spacial score (nSPS) is 11.6. The molecule has 0 heterocycles. The number of likely N-dealkylation sites (N-methyl/N-ethyl adjacent to an activating group) is 1. The van der Waals surface area contributed by atoms with Crippen molar-refractivity contribution in [2.45, 2.75) is 32.4 Å². The van der Waals surface area contributed by atoms with Crippen molar-refractivity contribution in [2.24, 2.45) is 5.73 Å². The largest absolute Gasteiger partial charge is 0.489 e. The highest BCUT2D eigenvalue weighted by Crippen LogP contribution is 2.26. The number of amides is 2. The average Bonchev–Trinajstić information content (AvgIpc) is 2.68. The number of hydrogen-bond donors (Lipinski definition) is 4. The first-order valence-electron chi connectivity index (χ1n) is 9.13. The van der Waals surface area contributed by atoms with Crippen LogP contribution >= 0.6 is 11.6 Å². The quantitative estimate of drug-likeness (QED) is 0.390. The summed E-state index contributed by atoms with van der Waals surface area (Å²) in [6, 6.07) is 10.9. The lowest BCUT2D eigenvalue weighted by atomic mass is 10.0. The van der Waals surface area contributed by atoms with Crippen molar-refractivity contribution in [1.29, 1.82) is 5.41 Å². The number of carbonyl (C=O) groups is 2. The van der Waals surface area contributed by atoms with Crippen molar-refractivity contribution in [3.63, 3.8) is 0 Å². The Balaban J connectivity index is 2.15. The molecule has 7 nitrogen and oxygen atoms in total. The highest BCUT2D eigenvalue weighted by atomic mass is 35.5. The van der Waals surface area contributed by atoms with Crippen LogP contribution in [0, 0.1) is 5.41 Å². The van der Waals surface area contributed by atoms with E-state index in [1.54, 1.807) is 36.4 Å². The zero-order valence-corrected chi connectivity index (χ0v) is 17.3. The van der Waals surface area contributed by atoms with E-state index in [0.29, 0.717) is 21.9 Å². The van der Waals surface area contributed by atoms with Crippen LogP contribution in [-0.4, -0.2) is 36.8 Å². The standard InChI is InChI=1S/C21H25ClN4O3/c1-12(2)29-18-9-8-15(11-16(18)22)20(27)26-17(21(28)25-3)10-13-4-6-14(7-5-13)19(23)24/h4-9,11-12,17H,10H2,1-3H3,(H3,23,24)(H,25,28)(H,26,27). The third-order valence-corrected chi connectivity index (χ3v) is 4.43. The Morgan fingerprint density at radius 1 is 1.14 bits per heavy atom. The van der Waals surface area contributed by atoms with E-state index in [2.05, 4.69) is 10.6 Å². The molecular formula is C21H25ClN4O3. The molecule has 154 valence electrons. The minimum Gasteiger partial charge on any atom is -0.489 e. The van der Waals surface area contributed by atoms with Gasteiger partial charge in [-0.2, -0.15) is 0 Å². The van der Waals surface area contributed by atoms with Gasteiger partial charge in [0, 0.05) is 24.6 Å². The summed E-state index contributed by atoms with van der Waals surface area (Å²) >= 11 is 6.20. The molecule has 1 unspecified atom stereocenters. The Labute approximate surface area is 175 Å². The van der Waals surface area contributed by atoms with Crippen molar-refractivity contribution in [1.82, 2.24) is 10.6 Å². The van der Waals surface area contributed by atoms with Crippen molar-refractivity contribution >= 4 is 29.3 Å². The molecule has 0 saturated carbocycles. The molecule has 0 aliphatic rings. The molecule has 2 aromatic carbocycles. The van der Waals surface area contributed by atoms with Gasteiger partial charge in [0.15, 0.2) is 0 Å². The molecule has 0 radical (unpaired) electrons. The summed E-state index contributed by atoms with van der Waals surface area (Å²) in [5, 5.41) is 13.1. The number of nitrogens with one attached hydrogen (secondary N) is 3. The van der Waals surface area contributed by atoms with Gasteiger partial charge in [-0.25, -0.2) is 0 Å². The number of carbonyl (C=O) groups excluding carboxylic acids is 2. The molecule has 0 aliphatic heterocycles. The maximum atomic E-state index is 12.7. The number of nitrogen functional groups attached to an aromatic ring is 1. The van der Waals surface area contributed by atoms with Crippen LogP contribution < -0.4 is 21.1 Å². The van der Waals surface area contributed by atoms with Crippen molar-refractivity contribution < 1.29 is 14.3 Å². The fourth-order valence-corrected chi connectivity index (χ4v) is 2.90. The van der Waals surface area contributed by atoms with Gasteiger partial charge in [-0.3, -0.25) is 15.0 Å². The summed E-state index contributed by atoms with van der Waals surface area (Å²) in [7, 11) is 1.51. The third-order valence-electron chi connectivity index (χ3n) is 4.13. The second-order valence-corrected chi connectivity index (χ2v) is 7.17. The average molecular weight is 417 g/mol. The Morgan fingerprint density at radius 3 is 2.28 bits per heavy atom. The maximum Gasteiger partial charge on any atom is 0.251 e. The second kappa shape index (κ2) is 9.93. The Hall–Kier alpha value is -3.06. The Morgan fingerprint density at radius 2 is 1.76 bits per heavy atom. The zero-order valence-electron chi connectivity index (χ0n) is 16.6. The number of halogens is 1. The first-order valence-corrected chi connectivity index (χ1v) is 9.51. The summed E-state index contributed by atoms with van der Waals surface area (Å²) < 4.78 is 5.57. The molecular weight excluding hydrogens is 392 g/mol. The smallest absolute Gasteiger partial charge is 0.251 e. The summed E-state index contributed by atoms with van der Waals surface area (Å²) in [5.41, 5.74) is 7.20. The van der Waals surface area contributed by atoms with E-state index in [9.17, 15) is 9.59 Å². The van der Waals surface area contributed by atoms with E-state index < -0.39 is 11.9 Å². The van der Waals surface area contributed by atoms with Gasteiger partial charge in [-0.05, 0) is 37.6 Å². The van der Waals surface area contributed by atoms with E-state index in [4.69, 9.17) is 27.5 Å². The lowest BCUT2D eigenvalue weighted by Crippen LogP contribution is -2.47. The fraction of sp³-hybridized carbons (Fsp3) is 0.286. The monoisotopic (exact) mass is 416 g/mol. The van der Waals surface area contributed by atoms with Gasteiger partial charge in [-0.15, -0.1) is 0 Å². The Kier molecular flexibility index (Phi) is 7.61. The van der Waals surface area contributed by atoms with E-state index in [0.717, 1.165) is 5.56 Å². The lowest BCUT2D eigenvalue weighted by molar-refractivity contribution is -0.122. The number of amidine groups is 1. The number of nitrogens with two attached hydrogens (primary N) is 1. The van der Waals surface area contributed by atoms with E-state index >= 15 is 0 Å². The van der Waals surface area contributed by atoms with E-state index in [1.807, 2.05) is 13.8 Å². The highest BCUT2D eigenvalue weighted by molar-refractivity contribution is 6.32. The van der Waals surface area contributed by atoms with Crippen molar-refractivity contribution in [2.75, 3.05) is 7.05 Å². The Bertz CT molecular complexity index is 897. The minimum absolute atomic E-state index is 0.0329. The van der Waals surface area contributed by atoms with Crippen molar-refractivity contribution in [3.8, 4) is 5.75 Å². The van der Waals surface area contributed by atoms with Crippen LogP contribution in [0.4, 0.5) is 0 Å². The molecule has 0 spiro atoms. The number of ether oxygens (including phenoxy) is 1. The van der Waals surface area contributed by atoms with Gasteiger partial charge in [0.1, 0.15) is 17.6 Å². The minimum atomic E-state index is -0.777. The number of benzene rings is 2. The van der Waals surface area contributed by atoms with Crippen LogP contribution in [0.3, 0.4) is 0 Å². The molecule has 2 amide bonds. The summed E-state index contributed by atoms with van der Waals surface area (Å²) in [5.74, 6) is -0.280. The molecule has 2 aromatic rings. The van der Waals surface area contributed by atoms with Crippen LogP contribution in [-0.2, 0) is 11.2 Å². The van der Waals surface area contributed by atoms with E-state index in [-0.39, 0.29) is 24.3 Å². The van der Waals surface area contributed by atoms with Crippen LogP contribution in [0.2, 0.25) is 5.02 Å². The first kappa shape index (κ1) is 22.2.